The zero-order chi connectivity index (χ0) is 21.0. The van der Waals surface area contributed by atoms with Crippen LogP contribution in [-0.4, -0.2) is 29.4 Å². The highest BCUT2D eigenvalue weighted by Gasteiger charge is 2.20. The monoisotopic (exact) mass is 405 g/mol. The Morgan fingerprint density at radius 3 is 2.66 bits per heavy atom. The molecule has 0 radical (unpaired) electrons. The third-order valence-electron chi connectivity index (χ3n) is 4.67. The van der Waals surface area contributed by atoms with Crippen LogP contribution in [0.3, 0.4) is 0 Å². The number of methoxy groups -OCH3 is 1. The Morgan fingerprint density at radius 2 is 2.07 bits per heavy atom. The van der Waals surface area contributed by atoms with Crippen molar-refractivity contribution < 1.29 is 32.7 Å². The number of halogens is 2. The highest BCUT2D eigenvalue weighted by atomic mass is 19.1. The van der Waals surface area contributed by atoms with Crippen LogP contribution in [0, 0.1) is 18.6 Å². The zero-order valence-corrected chi connectivity index (χ0v) is 16.1. The minimum absolute atomic E-state index is 0.00530. The van der Waals surface area contributed by atoms with Crippen molar-refractivity contribution in [2.45, 2.75) is 38.9 Å². The number of carboxylic acid groups (broad SMARTS) is 1. The molecule has 1 atom stereocenters. The molecule has 1 aliphatic carbocycles. The Bertz CT molecular complexity index is 941. The van der Waals surface area contributed by atoms with Crippen molar-refractivity contribution in [1.29, 1.82) is 0 Å². The second kappa shape index (κ2) is 9.00. The molecule has 1 heterocycles. The van der Waals surface area contributed by atoms with E-state index in [1.807, 2.05) is 18.2 Å². The number of allylic oxidation sites excluding steroid dienone is 2. The fourth-order valence-corrected chi connectivity index (χ4v) is 3.03. The molecule has 0 fully saturated rings. The van der Waals surface area contributed by atoms with Crippen molar-refractivity contribution in [1.82, 2.24) is 5.16 Å². The molecule has 1 aliphatic rings. The number of carbonyl (C=O) groups is 1. The minimum Gasteiger partial charge on any atom is -0.483 e. The number of hydrogen-bond acceptors (Lipinski definition) is 5. The Hall–Kier alpha value is -3.00. The lowest BCUT2D eigenvalue weighted by atomic mass is 9.99. The molecule has 0 aliphatic heterocycles. The van der Waals surface area contributed by atoms with Gasteiger partial charge in [-0.2, -0.15) is 0 Å². The van der Waals surface area contributed by atoms with Gasteiger partial charge in [0.15, 0.2) is 17.4 Å². The Morgan fingerprint density at radius 1 is 1.34 bits per heavy atom. The van der Waals surface area contributed by atoms with Gasteiger partial charge in [0.1, 0.15) is 18.1 Å². The third-order valence-corrected chi connectivity index (χ3v) is 4.67. The van der Waals surface area contributed by atoms with Crippen LogP contribution in [0.25, 0.3) is 5.57 Å². The molecule has 3 rings (SSSR count). The van der Waals surface area contributed by atoms with Crippen molar-refractivity contribution in [3.63, 3.8) is 0 Å². The molecule has 154 valence electrons. The summed E-state index contributed by atoms with van der Waals surface area (Å²) in [4.78, 5) is 10.6. The summed E-state index contributed by atoms with van der Waals surface area (Å²) in [5.74, 6) is -2.85. The summed E-state index contributed by atoms with van der Waals surface area (Å²) >= 11 is 0. The number of carboxylic acids is 1. The van der Waals surface area contributed by atoms with Crippen LogP contribution >= 0.6 is 0 Å². The van der Waals surface area contributed by atoms with E-state index in [9.17, 15) is 13.6 Å². The largest absolute Gasteiger partial charge is 0.483 e. The van der Waals surface area contributed by atoms with E-state index in [0.29, 0.717) is 23.4 Å². The number of nitrogens with zero attached hydrogens (tertiary/aromatic N) is 1. The van der Waals surface area contributed by atoms with Gasteiger partial charge in [-0.1, -0.05) is 23.4 Å². The lowest BCUT2D eigenvalue weighted by molar-refractivity contribution is -0.136. The maximum Gasteiger partial charge on any atom is 0.303 e. The normalized spacial score (nSPS) is 16.0. The molecule has 2 aromatic rings. The molecular weight excluding hydrogens is 384 g/mol. The number of hydrogen-bond donors (Lipinski definition) is 1. The van der Waals surface area contributed by atoms with Gasteiger partial charge in [-0.05, 0) is 43.0 Å². The average Bonchev–Trinajstić information content (AvgIpc) is 3.06. The van der Waals surface area contributed by atoms with Crippen LogP contribution in [0.4, 0.5) is 8.78 Å². The van der Waals surface area contributed by atoms with Gasteiger partial charge in [0.05, 0.1) is 11.7 Å². The summed E-state index contributed by atoms with van der Waals surface area (Å²) in [5, 5.41) is 12.7. The van der Waals surface area contributed by atoms with Crippen molar-refractivity contribution >= 4 is 11.5 Å². The van der Waals surface area contributed by atoms with E-state index >= 15 is 0 Å². The van der Waals surface area contributed by atoms with Crippen LogP contribution in [0.5, 0.6) is 5.75 Å². The van der Waals surface area contributed by atoms with Crippen LogP contribution in [0.2, 0.25) is 0 Å². The van der Waals surface area contributed by atoms with E-state index in [2.05, 4.69) is 5.16 Å². The molecule has 8 heteroatoms. The first kappa shape index (κ1) is 20.7. The van der Waals surface area contributed by atoms with Gasteiger partial charge < -0.3 is 19.1 Å². The Kier molecular flexibility index (Phi) is 6.43. The first-order valence-corrected chi connectivity index (χ1v) is 9.08. The standard InChI is InChI=1S/C21H21F2NO5/c1-12-16(20(24-29-12)14-4-6-15(27-2)7-5-14)11-28-21-17(22)9-13(10-18(21)23)3-8-19(25)26/h4-6,9-10,15H,3,7-8,11H2,1-2H3,(H,25,26). The molecule has 6 nitrogen and oxygen atoms in total. The number of benzene rings is 1. The first-order chi connectivity index (χ1) is 13.9. The van der Waals surface area contributed by atoms with Gasteiger partial charge in [0, 0.05) is 13.5 Å². The van der Waals surface area contributed by atoms with Crippen LogP contribution in [-0.2, 0) is 22.6 Å². The Balaban J connectivity index is 1.76. The summed E-state index contributed by atoms with van der Waals surface area (Å²) < 4.78 is 44.5. The summed E-state index contributed by atoms with van der Waals surface area (Å²) in [6.07, 6.45) is 6.20. The number of aromatic nitrogens is 1. The van der Waals surface area contributed by atoms with Gasteiger partial charge in [0.25, 0.3) is 0 Å². The van der Waals surface area contributed by atoms with Gasteiger partial charge in [-0.3, -0.25) is 4.79 Å². The van der Waals surface area contributed by atoms with E-state index in [4.69, 9.17) is 19.1 Å². The van der Waals surface area contributed by atoms with Crippen molar-refractivity contribution in [3.05, 3.63) is 64.6 Å². The molecule has 1 aromatic carbocycles. The molecular formula is C21H21F2NO5. The third kappa shape index (κ3) is 4.89. The molecule has 0 saturated heterocycles. The smallest absolute Gasteiger partial charge is 0.303 e. The molecule has 29 heavy (non-hydrogen) atoms. The van der Waals surface area contributed by atoms with Crippen LogP contribution in [0.15, 0.2) is 34.9 Å². The van der Waals surface area contributed by atoms with Crippen LogP contribution in [0.1, 0.15) is 35.4 Å². The predicted molar refractivity (Wildman–Crippen MR) is 100 cm³/mol. The van der Waals surface area contributed by atoms with Gasteiger partial charge in [-0.25, -0.2) is 8.78 Å². The molecule has 0 bridgehead atoms. The number of aryl methyl sites for hydroxylation is 2. The lowest BCUT2D eigenvalue weighted by Gasteiger charge is -2.14. The first-order valence-electron chi connectivity index (χ1n) is 9.08. The molecule has 1 N–H and O–H groups in total. The second-order valence-electron chi connectivity index (χ2n) is 6.67. The maximum atomic E-state index is 14.3. The summed E-state index contributed by atoms with van der Waals surface area (Å²) in [6, 6.07) is 2.17. The summed E-state index contributed by atoms with van der Waals surface area (Å²) in [6.45, 7) is 1.56. The second-order valence-corrected chi connectivity index (χ2v) is 6.67. The number of aliphatic carboxylic acids is 1. The maximum absolute atomic E-state index is 14.3. The highest BCUT2D eigenvalue weighted by molar-refractivity contribution is 5.74. The predicted octanol–water partition coefficient (Wildman–Crippen LogP) is 4.22. The number of rotatable bonds is 8. The summed E-state index contributed by atoms with van der Waals surface area (Å²) in [5.41, 5.74) is 2.21. The topological polar surface area (TPSA) is 81.8 Å². The van der Waals surface area contributed by atoms with E-state index in [1.54, 1.807) is 14.0 Å². The van der Waals surface area contributed by atoms with Crippen molar-refractivity contribution in [2.75, 3.05) is 7.11 Å². The minimum atomic E-state index is -1.04. The molecule has 0 amide bonds. The number of ether oxygens (including phenoxy) is 2. The van der Waals surface area contributed by atoms with E-state index in [1.165, 1.54) is 0 Å². The van der Waals surface area contributed by atoms with E-state index in [0.717, 1.165) is 17.7 Å². The SMILES string of the molecule is COC1C=CC(c2noc(C)c2COc2c(F)cc(CCC(=O)O)cc2F)=CC1. The fraction of sp³-hybridized carbons (Fsp3) is 0.333. The quantitative estimate of drug-likeness (QED) is 0.708. The van der Waals surface area contributed by atoms with Crippen molar-refractivity contribution in [3.8, 4) is 5.75 Å². The van der Waals surface area contributed by atoms with Gasteiger partial charge in [-0.15, -0.1) is 0 Å². The highest BCUT2D eigenvalue weighted by Crippen LogP contribution is 2.29. The van der Waals surface area contributed by atoms with Crippen molar-refractivity contribution in [2.24, 2.45) is 0 Å². The van der Waals surface area contributed by atoms with Crippen LogP contribution < -0.4 is 4.74 Å². The van der Waals surface area contributed by atoms with E-state index < -0.39 is 23.4 Å². The van der Waals surface area contributed by atoms with E-state index in [-0.39, 0.29) is 31.1 Å². The zero-order valence-electron chi connectivity index (χ0n) is 16.1. The molecule has 1 unspecified atom stereocenters. The average molecular weight is 405 g/mol. The fourth-order valence-electron chi connectivity index (χ4n) is 3.03. The summed E-state index contributed by atoms with van der Waals surface area (Å²) in [7, 11) is 1.63. The van der Waals surface area contributed by atoms with Gasteiger partial charge in [0.2, 0.25) is 0 Å². The lowest BCUT2D eigenvalue weighted by Crippen LogP contribution is -2.09. The molecule has 0 saturated carbocycles. The molecule has 1 aromatic heterocycles. The van der Waals surface area contributed by atoms with Gasteiger partial charge >= 0.3 is 5.97 Å². The Labute approximate surface area is 166 Å². The molecule has 0 spiro atoms.